The molecule has 1 aromatic carbocycles. The molecule has 3 nitrogen and oxygen atoms in total. The molecule has 0 bridgehead atoms. The van der Waals surface area contributed by atoms with E-state index in [9.17, 15) is 4.39 Å². The standard InChI is InChI=1S/C17H19FN2O/c1-11(13-6-8-16(21-2)14(18)10-13)20-15-7-5-12-4-3-9-19-17(12)15/h3-4,6,8-11,15,20H,5,7H2,1-2H3. The van der Waals surface area contributed by atoms with Crippen LogP contribution in [-0.2, 0) is 6.42 Å². The van der Waals surface area contributed by atoms with E-state index < -0.39 is 0 Å². The van der Waals surface area contributed by atoms with Crippen LogP contribution in [0.5, 0.6) is 5.75 Å². The molecule has 0 saturated heterocycles. The number of aromatic nitrogens is 1. The van der Waals surface area contributed by atoms with Crippen LogP contribution in [-0.4, -0.2) is 12.1 Å². The van der Waals surface area contributed by atoms with Crippen molar-refractivity contribution in [3.63, 3.8) is 0 Å². The zero-order valence-corrected chi connectivity index (χ0v) is 12.3. The molecule has 110 valence electrons. The predicted molar refractivity (Wildman–Crippen MR) is 79.8 cm³/mol. The quantitative estimate of drug-likeness (QED) is 0.933. The Morgan fingerprint density at radius 1 is 1.38 bits per heavy atom. The van der Waals surface area contributed by atoms with Gasteiger partial charge in [-0.05, 0) is 49.1 Å². The smallest absolute Gasteiger partial charge is 0.165 e. The van der Waals surface area contributed by atoms with Crippen molar-refractivity contribution < 1.29 is 9.13 Å². The van der Waals surface area contributed by atoms with Gasteiger partial charge in [0.05, 0.1) is 18.8 Å². The molecule has 4 heteroatoms. The SMILES string of the molecule is COc1ccc(C(C)NC2CCc3cccnc32)cc1F. The first-order chi connectivity index (χ1) is 10.2. The van der Waals surface area contributed by atoms with Gasteiger partial charge >= 0.3 is 0 Å². The third-order valence-electron chi connectivity index (χ3n) is 4.09. The Morgan fingerprint density at radius 3 is 3.00 bits per heavy atom. The van der Waals surface area contributed by atoms with Gasteiger partial charge in [0.1, 0.15) is 0 Å². The van der Waals surface area contributed by atoms with Crippen molar-refractivity contribution in [3.05, 3.63) is 59.2 Å². The highest BCUT2D eigenvalue weighted by Crippen LogP contribution is 2.31. The van der Waals surface area contributed by atoms with Crippen LogP contribution in [0.15, 0.2) is 36.5 Å². The van der Waals surface area contributed by atoms with Crippen LogP contribution in [0.3, 0.4) is 0 Å². The largest absolute Gasteiger partial charge is 0.494 e. The monoisotopic (exact) mass is 286 g/mol. The first kappa shape index (κ1) is 14.0. The molecule has 0 aliphatic heterocycles. The molecule has 0 amide bonds. The van der Waals surface area contributed by atoms with Gasteiger partial charge in [0.15, 0.2) is 11.6 Å². The van der Waals surface area contributed by atoms with Crippen LogP contribution in [0.2, 0.25) is 0 Å². The maximum Gasteiger partial charge on any atom is 0.165 e. The van der Waals surface area contributed by atoms with Gasteiger partial charge < -0.3 is 10.1 Å². The third-order valence-corrected chi connectivity index (χ3v) is 4.09. The summed E-state index contributed by atoms with van der Waals surface area (Å²) in [5.41, 5.74) is 3.35. The first-order valence-electron chi connectivity index (χ1n) is 7.22. The number of methoxy groups -OCH3 is 1. The van der Waals surface area contributed by atoms with Gasteiger partial charge in [-0.15, -0.1) is 0 Å². The van der Waals surface area contributed by atoms with Crippen molar-refractivity contribution in [1.82, 2.24) is 10.3 Å². The maximum absolute atomic E-state index is 13.8. The summed E-state index contributed by atoms with van der Waals surface area (Å²) in [6.45, 7) is 2.04. The molecule has 1 aromatic heterocycles. The highest BCUT2D eigenvalue weighted by Gasteiger charge is 2.25. The molecular weight excluding hydrogens is 267 g/mol. The van der Waals surface area contributed by atoms with E-state index >= 15 is 0 Å². The van der Waals surface area contributed by atoms with E-state index in [1.165, 1.54) is 18.7 Å². The van der Waals surface area contributed by atoms with Crippen molar-refractivity contribution in [2.45, 2.75) is 31.8 Å². The second-order valence-corrected chi connectivity index (χ2v) is 5.42. The molecule has 1 N–H and O–H groups in total. The van der Waals surface area contributed by atoms with Crippen LogP contribution in [0.1, 0.15) is 42.2 Å². The molecule has 0 fully saturated rings. The summed E-state index contributed by atoms with van der Waals surface area (Å²) in [6.07, 6.45) is 3.91. The normalized spacial score (nSPS) is 18.3. The molecule has 1 heterocycles. The highest BCUT2D eigenvalue weighted by atomic mass is 19.1. The molecule has 2 aromatic rings. The van der Waals surface area contributed by atoms with Crippen LogP contribution in [0, 0.1) is 5.82 Å². The van der Waals surface area contributed by atoms with E-state index in [4.69, 9.17) is 4.74 Å². The zero-order valence-electron chi connectivity index (χ0n) is 12.3. The Morgan fingerprint density at radius 2 is 2.24 bits per heavy atom. The third kappa shape index (κ3) is 2.76. The number of nitrogens with one attached hydrogen (secondary N) is 1. The van der Waals surface area contributed by atoms with E-state index in [0.717, 1.165) is 24.1 Å². The Bertz CT molecular complexity index is 644. The van der Waals surface area contributed by atoms with Gasteiger partial charge in [0, 0.05) is 12.2 Å². The van der Waals surface area contributed by atoms with Gasteiger partial charge in [-0.25, -0.2) is 4.39 Å². The summed E-state index contributed by atoms with van der Waals surface area (Å²) < 4.78 is 18.8. The minimum atomic E-state index is -0.325. The highest BCUT2D eigenvalue weighted by molar-refractivity contribution is 5.32. The fourth-order valence-corrected chi connectivity index (χ4v) is 2.92. The van der Waals surface area contributed by atoms with E-state index in [1.807, 2.05) is 25.3 Å². The van der Waals surface area contributed by atoms with Gasteiger partial charge in [-0.2, -0.15) is 0 Å². The number of pyridine rings is 1. The fourth-order valence-electron chi connectivity index (χ4n) is 2.92. The summed E-state index contributed by atoms with van der Waals surface area (Å²) in [5, 5.41) is 3.55. The zero-order chi connectivity index (χ0) is 14.8. The molecule has 2 unspecified atom stereocenters. The van der Waals surface area contributed by atoms with Crippen LogP contribution < -0.4 is 10.1 Å². The number of ether oxygens (including phenoxy) is 1. The van der Waals surface area contributed by atoms with Crippen molar-refractivity contribution >= 4 is 0 Å². The second-order valence-electron chi connectivity index (χ2n) is 5.42. The lowest BCUT2D eigenvalue weighted by Gasteiger charge is -2.20. The lowest BCUT2D eigenvalue weighted by Crippen LogP contribution is -2.23. The topological polar surface area (TPSA) is 34.1 Å². The Labute approximate surface area is 124 Å². The number of hydrogen-bond donors (Lipinski definition) is 1. The maximum atomic E-state index is 13.8. The molecule has 21 heavy (non-hydrogen) atoms. The first-order valence-corrected chi connectivity index (χ1v) is 7.22. The number of fused-ring (bicyclic) bond motifs is 1. The Hall–Kier alpha value is -1.94. The van der Waals surface area contributed by atoms with Crippen molar-refractivity contribution in [3.8, 4) is 5.75 Å². The fraction of sp³-hybridized carbons (Fsp3) is 0.353. The summed E-state index contributed by atoms with van der Waals surface area (Å²) in [7, 11) is 1.47. The number of benzene rings is 1. The predicted octanol–water partition coefficient (Wildman–Crippen LogP) is 3.57. The summed E-state index contributed by atoms with van der Waals surface area (Å²) in [5.74, 6) is -0.0487. The van der Waals surface area contributed by atoms with Crippen molar-refractivity contribution in [1.29, 1.82) is 0 Å². The molecule has 0 spiro atoms. The molecule has 0 saturated carbocycles. The molecular formula is C17H19FN2O. The van der Waals surface area contributed by atoms with Gasteiger partial charge in [0.2, 0.25) is 0 Å². The molecule has 3 rings (SSSR count). The molecule has 1 aliphatic carbocycles. The average Bonchev–Trinajstić information content (AvgIpc) is 2.90. The molecule has 0 radical (unpaired) electrons. The number of rotatable bonds is 4. The van der Waals surface area contributed by atoms with Crippen LogP contribution in [0.25, 0.3) is 0 Å². The number of aryl methyl sites for hydroxylation is 1. The minimum Gasteiger partial charge on any atom is -0.494 e. The van der Waals surface area contributed by atoms with Crippen LogP contribution in [0.4, 0.5) is 4.39 Å². The second kappa shape index (κ2) is 5.82. The summed E-state index contributed by atoms with van der Waals surface area (Å²) >= 11 is 0. The molecule has 1 aliphatic rings. The van der Waals surface area contributed by atoms with Crippen molar-refractivity contribution in [2.75, 3.05) is 7.11 Å². The average molecular weight is 286 g/mol. The van der Waals surface area contributed by atoms with E-state index in [0.29, 0.717) is 0 Å². The molecule has 2 atom stereocenters. The number of hydrogen-bond acceptors (Lipinski definition) is 3. The van der Waals surface area contributed by atoms with Crippen LogP contribution >= 0.6 is 0 Å². The van der Waals surface area contributed by atoms with Gasteiger partial charge in [0.25, 0.3) is 0 Å². The summed E-state index contributed by atoms with van der Waals surface area (Å²) in [6, 6.07) is 9.50. The Kier molecular flexibility index (Phi) is 3.88. The van der Waals surface area contributed by atoms with E-state index in [-0.39, 0.29) is 23.7 Å². The van der Waals surface area contributed by atoms with E-state index in [2.05, 4.69) is 16.4 Å². The lowest BCUT2D eigenvalue weighted by atomic mass is 10.1. The summed E-state index contributed by atoms with van der Waals surface area (Å²) in [4.78, 5) is 4.48. The van der Waals surface area contributed by atoms with Gasteiger partial charge in [-0.3, -0.25) is 4.98 Å². The minimum absolute atomic E-state index is 0.0587. The number of nitrogens with zero attached hydrogens (tertiary/aromatic N) is 1. The van der Waals surface area contributed by atoms with E-state index in [1.54, 1.807) is 6.07 Å². The number of halogens is 1. The lowest BCUT2D eigenvalue weighted by molar-refractivity contribution is 0.385. The Balaban J connectivity index is 1.75. The van der Waals surface area contributed by atoms with Gasteiger partial charge in [-0.1, -0.05) is 12.1 Å². The van der Waals surface area contributed by atoms with Crippen molar-refractivity contribution in [2.24, 2.45) is 0 Å².